The maximum Gasteiger partial charge on any atom is 0.325 e. The summed E-state index contributed by atoms with van der Waals surface area (Å²) >= 11 is 0. The smallest absolute Gasteiger partial charge is 0.325 e. The van der Waals surface area contributed by atoms with Gasteiger partial charge in [-0.05, 0) is 24.6 Å². The lowest BCUT2D eigenvalue weighted by Gasteiger charge is -2.22. The summed E-state index contributed by atoms with van der Waals surface area (Å²) in [5.74, 6) is -11.1. The first-order valence-electron chi connectivity index (χ1n) is 8.19. The highest BCUT2D eigenvalue weighted by Crippen LogP contribution is 2.38. The lowest BCUT2D eigenvalue weighted by Crippen LogP contribution is -2.40. The Kier molecular flexibility index (Phi) is 4.14. The molecule has 0 radical (unpaired) electrons. The lowest BCUT2D eigenvalue weighted by atomic mass is 9.91. The summed E-state index contributed by atoms with van der Waals surface area (Å²) < 4.78 is 78.4. The number of hydrogen-bond acceptors (Lipinski definition) is 4. The second-order valence-corrected chi connectivity index (χ2v) is 6.56. The van der Waals surface area contributed by atoms with E-state index in [-0.39, 0.29) is 12.4 Å². The van der Waals surface area contributed by atoms with Gasteiger partial charge in [0.2, 0.25) is 12.6 Å². The molecule has 2 aliphatic rings. The molecule has 0 spiro atoms. The predicted octanol–water partition coefficient (Wildman–Crippen LogP) is 3.08. The van der Waals surface area contributed by atoms with Gasteiger partial charge in [-0.3, -0.25) is 9.69 Å². The first-order chi connectivity index (χ1) is 13.6. The number of ether oxygens (including phenoxy) is 2. The average molecular weight is 414 g/mol. The monoisotopic (exact) mass is 414 g/mol. The molecular weight excluding hydrogens is 403 g/mol. The van der Waals surface area contributed by atoms with Crippen LogP contribution in [0.2, 0.25) is 0 Å². The number of halogens is 5. The van der Waals surface area contributed by atoms with E-state index in [2.05, 4.69) is 5.32 Å². The maximum absolute atomic E-state index is 14.0. The van der Waals surface area contributed by atoms with E-state index >= 15 is 0 Å². The molecule has 3 amide bonds. The van der Waals surface area contributed by atoms with E-state index in [0.29, 0.717) is 16.4 Å². The van der Waals surface area contributed by atoms with E-state index in [9.17, 15) is 31.5 Å². The van der Waals surface area contributed by atoms with E-state index in [1.54, 1.807) is 0 Å². The second kappa shape index (κ2) is 6.33. The van der Waals surface area contributed by atoms with Crippen LogP contribution in [0, 0.1) is 29.1 Å². The summed E-state index contributed by atoms with van der Waals surface area (Å²) in [6, 6.07) is 3.38. The van der Waals surface area contributed by atoms with Crippen LogP contribution in [-0.2, 0) is 16.9 Å². The van der Waals surface area contributed by atoms with Crippen molar-refractivity contribution in [3.8, 4) is 11.5 Å². The number of fused-ring (bicyclic) bond motifs is 1. The van der Waals surface area contributed by atoms with E-state index in [1.165, 1.54) is 25.1 Å². The Bertz CT molecular complexity index is 1050. The Morgan fingerprint density at radius 1 is 0.966 bits per heavy atom. The van der Waals surface area contributed by atoms with E-state index in [4.69, 9.17) is 9.47 Å². The molecule has 2 aromatic rings. The molecule has 152 valence electrons. The molecule has 11 heteroatoms. The molecule has 2 aromatic carbocycles. The van der Waals surface area contributed by atoms with Crippen molar-refractivity contribution in [3.63, 3.8) is 0 Å². The van der Waals surface area contributed by atoms with Crippen molar-refractivity contribution in [1.82, 2.24) is 10.2 Å². The molecule has 29 heavy (non-hydrogen) atoms. The van der Waals surface area contributed by atoms with Crippen molar-refractivity contribution in [1.29, 1.82) is 0 Å². The van der Waals surface area contributed by atoms with Crippen molar-refractivity contribution in [2.75, 3.05) is 6.79 Å². The largest absolute Gasteiger partial charge is 0.454 e. The van der Waals surface area contributed by atoms with Gasteiger partial charge in [0.05, 0.1) is 6.54 Å². The molecule has 4 rings (SSSR count). The number of hydrogen-bond donors (Lipinski definition) is 1. The Morgan fingerprint density at radius 2 is 1.55 bits per heavy atom. The van der Waals surface area contributed by atoms with Crippen LogP contribution in [-0.4, -0.2) is 23.6 Å². The Morgan fingerprint density at radius 3 is 2.21 bits per heavy atom. The second-order valence-electron chi connectivity index (χ2n) is 6.56. The minimum absolute atomic E-state index is 0.0256. The Labute approximate surface area is 159 Å². The molecule has 1 atom stereocenters. The summed E-state index contributed by atoms with van der Waals surface area (Å²) in [5.41, 5.74) is -2.66. The number of rotatable bonds is 3. The van der Waals surface area contributed by atoms with Crippen molar-refractivity contribution < 1.29 is 41.0 Å². The number of benzene rings is 2. The Balaban J connectivity index is 1.70. The maximum atomic E-state index is 14.0. The van der Waals surface area contributed by atoms with Crippen LogP contribution in [0.4, 0.5) is 26.7 Å². The molecule has 0 bridgehead atoms. The molecule has 1 fully saturated rings. The summed E-state index contributed by atoms with van der Waals surface area (Å²) in [5, 5.41) is 2.37. The summed E-state index contributed by atoms with van der Waals surface area (Å²) in [6.07, 6.45) is 0. The highest BCUT2D eigenvalue weighted by Gasteiger charge is 2.50. The minimum atomic E-state index is -2.33. The molecular formula is C18H11F5N2O4. The number of imide groups is 1. The molecule has 2 aliphatic heterocycles. The van der Waals surface area contributed by atoms with E-state index < -0.39 is 58.7 Å². The molecule has 0 aliphatic carbocycles. The number of carbonyl (C=O) groups excluding carboxylic acids is 2. The fraction of sp³-hybridized carbons (Fsp3) is 0.222. The number of amides is 3. The standard InChI is InChI=1S/C18H11F5N2O4/c1-18(7-2-3-9-10(4-7)29-6-28-9)16(26)25(17(27)24-18)5-8-11(19)13(21)15(23)14(22)12(8)20/h2-4H,5-6H2,1H3,(H,24,27)/t18-/m1/s1. The van der Waals surface area contributed by atoms with Gasteiger partial charge in [-0.15, -0.1) is 0 Å². The fourth-order valence-electron chi connectivity index (χ4n) is 3.19. The lowest BCUT2D eigenvalue weighted by molar-refractivity contribution is -0.131. The Hall–Kier alpha value is -3.37. The van der Waals surface area contributed by atoms with Crippen molar-refractivity contribution >= 4 is 11.9 Å². The number of nitrogens with zero attached hydrogens (tertiary/aromatic N) is 1. The van der Waals surface area contributed by atoms with Gasteiger partial charge >= 0.3 is 6.03 Å². The molecule has 2 heterocycles. The summed E-state index contributed by atoms with van der Waals surface area (Å²) in [6.45, 7) is 0.169. The normalized spacial score (nSPS) is 20.4. The van der Waals surface area contributed by atoms with Crippen LogP contribution < -0.4 is 14.8 Å². The van der Waals surface area contributed by atoms with Crippen LogP contribution in [0.1, 0.15) is 18.1 Å². The van der Waals surface area contributed by atoms with Gasteiger partial charge in [-0.25, -0.2) is 26.7 Å². The van der Waals surface area contributed by atoms with Crippen LogP contribution in [0.3, 0.4) is 0 Å². The van der Waals surface area contributed by atoms with Gasteiger partial charge in [-0.2, -0.15) is 0 Å². The highest BCUT2D eigenvalue weighted by atomic mass is 19.2. The van der Waals surface area contributed by atoms with Crippen molar-refractivity contribution in [2.45, 2.75) is 19.0 Å². The predicted molar refractivity (Wildman–Crippen MR) is 85.2 cm³/mol. The first-order valence-corrected chi connectivity index (χ1v) is 8.19. The minimum Gasteiger partial charge on any atom is -0.454 e. The zero-order valence-corrected chi connectivity index (χ0v) is 14.6. The molecule has 1 saturated heterocycles. The molecule has 6 nitrogen and oxygen atoms in total. The third-order valence-electron chi connectivity index (χ3n) is 4.84. The highest BCUT2D eigenvalue weighted by molar-refractivity contribution is 6.07. The van der Waals surface area contributed by atoms with E-state index in [1.807, 2.05) is 0 Å². The average Bonchev–Trinajstić information content (AvgIpc) is 3.25. The van der Waals surface area contributed by atoms with Gasteiger partial charge in [-0.1, -0.05) is 6.07 Å². The van der Waals surface area contributed by atoms with Crippen LogP contribution in [0.5, 0.6) is 11.5 Å². The van der Waals surface area contributed by atoms with Gasteiger partial charge in [0.1, 0.15) is 5.54 Å². The third kappa shape index (κ3) is 2.68. The summed E-state index contributed by atoms with van der Waals surface area (Å²) in [7, 11) is 0. The fourth-order valence-corrected chi connectivity index (χ4v) is 3.19. The van der Waals surface area contributed by atoms with Crippen LogP contribution in [0.25, 0.3) is 0 Å². The number of carbonyl (C=O) groups is 2. The zero-order chi connectivity index (χ0) is 21.1. The topological polar surface area (TPSA) is 67.9 Å². The number of urea groups is 1. The molecule has 1 N–H and O–H groups in total. The van der Waals surface area contributed by atoms with Gasteiger partial charge in [0, 0.05) is 5.56 Å². The molecule has 0 aromatic heterocycles. The zero-order valence-electron chi connectivity index (χ0n) is 14.6. The van der Waals surface area contributed by atoms with Crippen molar-refractivity contribution in [3.05, 3.63) is 58.4 Å². The van der Waals surface area contributed by atoms with E-state index in [0.717, 1.165) is 0 Å². The summed E-state index contributed by atoms with van der Waals surface area (Å²) in [4.78, 5) is 25.5. The van der Waals surface area contributed by atoms with Crippen LogP contribution in [0.15, 0.2) is 18.2 Å². The van der Waals surface area contributed by atoms with Gasteiger partial charge < -0.3 is 14.8 Å². The molecule has 0 saturated carbocycles. The van der Waals surface area contributed by atoms with Gasteiger partial charge in [0.15, 0.2) is 34.8 Å². The van der Waals surface area contributed by atoms with Crippen LogP contribution >= 0.6 is 0 Å². The third-order valence-corrected chi connectivity index (χ3v) is 4.84. The quantitative estimate of drug-likeness (QED) is 0.363. The molecule has 0 unspecified atom stereocenters. The first kappa shape index (κ1) is 19.0. The van der Waals surface area contributed by atoms with Crippen molar-refractivity contribution in [2.24, 2.45) is 0 Å². The SMILES string of the molecule is C[C@]1(c2ccc3c(c2)OCO3)NC(=O)N(Cc2c(F)c(F)c(F)c(F)c2F)C1=O. The van der Waals surface area contributed by atoms with Gasteiger partial charge in [0.25, 0.3) is 5.91 Å². The number of nitrogens with one attached hydrogen (secondary N) is 1.